The molecule has 0 radical (unpaired) electrons. The Hall–Kier alpha value is -1.38. The fraction of sp³-hybridized carbons (Fsp3) is 0.417. The van der Waals surface area contributed by atoms with Gasteiger partial charge < -0.3 is 5.11 Å². The van der Waals surface area contributed by atoms with E-state index in [2.05, 4.69) is 11.8 Å². The van der Waals surface area contributed by atoms with Crippen LogP contribution in [0, 0.1) is 23.2 Å². The summed E-state index contributed by atoms with van der Waals surface area (Å²) < 4.78 is 24.4. The molecular formula is C12H14N2O3S2. The molecule has 0 aliphatic rings. The summed E-state index contributed by atoms with van der Waals surface area (Å²) in [7, 11) is -2.07. The molecule has 0 unspecified atom stereocenters. The van der Waals surface area contributed by atoms with Crippen LogP contribution in [-0.2, 0) is 16.6 Å². The second kappa shape index (κ2) is 7.27. The highest BCUT2D eigenvalue weighted by atomic mass is 32.2. The van der Waals surface area contributed by atoms with E-state index in [9.17, 15) is 8.42 Å². The van der Waals surface area contributed by atoms with Crippen LogP contribution in [0.25, 0.3) is 0 Å². The first kappa shape index (κ1) is 15.7. The maximum Gasteiger partial charge on any atom is 0.227 e. The molecule has 0 aliphatic carbocycles. The summed E-state index contributed by atoms with van der Waals surface area (Å²) in [6, 6.07) is 3.45. The van der Waals surface area contributed by atoms with Crippen LogP contribution in [-0.4, -0.2) is 37.2 Å². The van der Waals surface area contributed by atoms with Crippen LogP contribution in [0.1, 0.15) is 16.9 Å². The largest absolute Gasteiger partial charge is 0.395 e. The smallest absolute Gasteiger partial charge is 0.227 e. The number of nitrogens with zero attached hydrogens (tertiary/aromatic N) is 2. The number of thiophene rings is 1. The van der Waals surface area contributed by atoms with Crippen molar-refractivity contribution in [1.29, 1.82) is 5.26 Å². The van der Waals surface area contributed by atoms with E-state index in [1.807, 2.05) is 11.4 Å². The lowest BCUT2D eigenvalue weighted by atomic mass is 10.3. The Bertz CT molecular complexity index is 617. The first-order chi connectivity index (χ1) is 8.99. The van der Waals surface area contributed by atoms with E-state index in [0.29, 0.717) is 6.42 Å². The highest BCUT2D eigenvalue weighted by molar-refractivity contribution is 7.89. The Morgan fingerprint density at radius 1 is 1.53 bits per heavy atom. The molecule has 0 fully saturated rings. The summed E-state index contributed by atoms with van der Waals surface area (Å²) in [6.45, 7) is 0.253. The van der Waals surface area contributed by atoms with Crippen molar-refractivity contribution in [3.05, 3.63) is 21.9 Å². The van der Waals surface area contributed by atoms with Crippen LogP contribution in [0.4, 0.5) is 0 Å². The first-order valence-corrected chi connectivity index (χ1v) is 7.96. The normalized spacial score (nSPS) is 10.8. The third kappa shape index (κ3) is 5.01. The summed E-state index contributed by atoms with van der Waals surface area (Å²) in [5.74, 6) is 5.18. The third-order valence-corrected chi connectivity index (χ3v) is 4.70. The molecule has 7 heteroatoms. The van der Waals surface area contributed by atoms with E-state index in [-0.39, 0.29) is 13.2 Å². The predicted octanol–water partition coefficient (Wildman–Crippen LogP) is 0.767. The quantitative estimate of drug-likeness (QED) is 0.814. The molecule has 0 aliphatic heterocycles. The van der Waals surface area contributed by atoms with E-state index in [1.54, 1.807) is 6.07 Å². The molecule has 0 atom stereocenters. The summed E-state index contributed by atoms with van der Waals surface area (Å²) in [5.41, 5.74) is 0.835. The number of aliphatic hydroxyl groups is 1. The van der Waals surface area contributed by atoms with Crippen LogP contribution in [0.15, 0.2) is 11.4 Å². The van der Waals surface area contributed by atoms with Crippen molar-refractivity contribution in [2.24, 2.45) is 0 Å². The predicted molar refractivity (Wildman–Crippen MR) is 73.8 cm³/mol. The maximum absolute atomic E-state index is 11.6. The van der Waals surface area contributed by atoms with E-state index in [4.69, 9.17) is 10.4 Å². The van der Waals surface area contributed by atoms with Gasteiger partial charge in [0.15, 0.2) is 5.75 Å². The average Bonchev–Trinajstić information content (AvgIpc) is 2.77. The molecule has 1 heterocycles. The molecule has 0 bridgehead atoms. The van der Waals surface area contributed by atoms with Crippen molar-refractivity contribution in [2.45, 2.75) is 13.0 Å². The molecule has 0 saturated carbocycles. The second-order valence-corrected chi connectivity index (χ2v) is 6.75. The Balaban J connectivity index is 2.70. The summed E-state index contributed by atoms with van der Waals surface area (Å²) in [6.07, 6.45) is 0.420. The van der Waals surface area contributed by atoms with Gasteiger partial charge in [-0.05, 0) is 17.0 Å². The molecule has 0 amide bonds. The first-order valence-electron chi connectivity index (χ1n) is 5.47. The fourth-order valence-electron chi connectivity index (χ4n) is 1.28. The zero-order valence-electron chi connectivity index (χ0n) is 10.5. The molecule has 5 nitrogen and oxygen atoms in total. The van der Waals surface area contributed by atoms with Crippen LogP contribution in [0.5, 0.6) is 0 Å². The Labute approximate surface area is 117 Å². The van der Waals surface area contributed by atoms with Gasteiger partial charge in [0.1, 0.15) is 0 Å². The lowest BCUT2D eigenvalue weighted by molar-refractivity contribution is 0.305. The molecule has 0 aromatic carbocycles. The van der Waals surface area contributed by atoms with Gasteiger partial charge in [-0.2, -0.15) is 9.57 Å². The van der Waals surface area contributed by atoms with Gasteiger partial charge in [-0.15, -0.1) is 11.3 Å². The van der Waals surface area contributed by atoms with E-state index >= 15 is 0 Å². The zero-order valence-corrected chi connectivity index (χ0v) is 12.1. The molecule has 1 aromatic rings. The van der Waals surface area contributed by atoms with E-state index in [1.165, 1.54) is 18.4 Å². The lowest BCUT2D eigenvalue weighted by Crippen LogP contribution is -2.28. The van der Waals surface area contributed by atoms with Gasteiger partial charge in [0.05, 0.1) is 17.6 Å². The minimum absolute atomic E-state index is 0.0281. The number of hydrogen-bond donors (Lipinski definition) is 1. The molecule has 19 heavy (non-hydrogen) atoms. The molecule has 102 valence electrons. The maximum atomic E-state index is 11.6. The minimum atomic E-state index is -3.51. The van der Waals surface area contributed by atoms with E-state index < -0.39 is 15.8 Å². The van der Waals surface area contributed by atoms with Crippen molar-refractivity contribution in [1.82, 2.24) is 4.31 Å². The lowest BCUT2D eigenvalue weighted by Gasteiger charge is -2.13. The number of nitriles is 1. The number of sulfonamides is 1. The van der Waals surface area contributed by atoms with Gasteiger partial charge in [0.25, 0.3) is 0 Å². The van der Waals surface area contributed by atoms with Crippen LogP contribution in [0.2, 0.25) is 0 Å². The van der Waals surface area contributed by atoms with Crippen molar-refractivity contribution in [3.8, 4) is 17.9 Å². The van der Waals surface area contributed by atoms with Gasteiger partial charge in [0, 0.05) is 20.0 Å². The Morgan fingerprint density at radius 3 is 2.89 bits per heavy atom. The Morgan fingerprint density at radius 2 is 2.26 bits per heavy atom. The van der Waals surface area contributed by atoms with Gasteiger partial charge >= 0.3 is 0 Å². The molecular weight excluding hydrogens is 284 g/mol. The summed E-state index contributed by atoms with van der Waals surface area (Å²) >= 11 is 1.42. The van der Waals surface area contributed by atoms with E-state index in [0.717, 1.165) is 14.7 Å². The van der Waals surface area contributed by atoms with Crippen molar-refractivity contribution in [2.75, 3.05) is 19.4 Å². The number of rotatable bonds is 5. The fourth-order valence-corrected chi connectivity index (χ4v) is 2.78. The molecule has 0 saturated heterocycles. The second-order valence-electron chi connectivity index (χ2n) is 3.76. The topological polar surface area (TPSA) is 81.4 Å². The summed E-state index contributed by atoms with van der Waals surface area (Å²) in [4.78, 5) is 0.828. The minimum Gasteiger partial charge on any atom is -0.395 e. The standard InChI is InChI=1S/C12H14N2O3S2/c1-14(19(16,17)7-5-13)9-11-8-12(18-10-11)4-2-3-6-15/h8,10,15H,3,6-7,9H2,1H3. The molecule has 1 rings (SSSR count). The summed E-state index contributed by atoms with van der Waals surface area (Å²) in [5, 5.41) is 18.9. The van der Waals surface area contributed by atoms with Gasteiger partial charge in [-0.3, -0.25) is 0 Å². The molecule has 1 N–H and O–H groups in total. The number of aliphatic hydroxyl groups excluding tert-OH is 1. The molecule has 0 spiro atoms. The van der Waals surface area contributed by atoms with Crippen LogP contribution >= 0.6 is 11.3 Å². The van der Waals surface area contributed by atoms with Crippen molar-refractivity contribution < 1.29 is 13.5 Å². The zero-order chi connectivity index (χ0) is 14.3. The Kier molecular flexibility index (Phi) is 6.00. The van der Waals surface area contributed by atoms with Crippen LogP contribution < -0.4 is 0 Å². The average molecular weight is 298 g/mol. The van der Waals surface area contributed by atoms with Crippen LogP contribution in [0.3, 0.4) is 0 Å². The molecule has 1 aromatic heterocycles. The highest BCUT2D eigenvalue weighted by Crippen LogP contribution is 2.16. The van der Waals surface area contributed by atoms with Gasteiger partial charge in [-0.25, -0.2) is 8.42 Å². The number of hydrogen-bond acceptors (Lipinski definition) is 5. The third-order valence-electron chi connectivity index (χ3n) is 2.23. The van der Waals surface area contributed by atoms with Crippen molar-refractivity contribution in [3.63, 3.8) is 0 Å². The SMILES string of the molecule is CN(Cc1csc(C#CCCO)c1)S(=O)(=O)CC#N. The van der Waals surface area contributed by atoms with Gasteiger partial charge in [-0.1, -0.05) is 11.8 Å². The van der Waals surface area contributed by atoms with Crippen molar-refractivity contribution >= 4 is 21.4 Å². The highest BCUT2D eigenvalue weighted by Gasteiger charge is 2.17. The monoisotopic (exact) mass is 298 g/mol. The van der Waals surface area contributed by atoms with Gasteiger partial charge in [0.2, 0.25) is 10.0 Å².